The summed E-state index contributed by atoms with van der Waals surface area (Å²) in [6, 6.07) is 8.41. The summed E-state index contributed by atoms with van der Waals surface area (Å²) >= 11 is 7.13. The van der Waals surface area contributed by atoms with Crippen molar-refractivity contribution in [2.75, 3.05) is 0 Å². The molecule has 0 saturated heterocycles. The quantitative estimate of drug-likeness (QED) is 0.809. The minimum absolute atomic E-state index is 0.288. The Morgan fingerprint density at radius 2 is 2.07 bits per heavy atom. The minimum Gasteiger partial charge on any atom is -0.429 e. The molecule has 2 aromatic rings. The van der Waals surface area contributed by atoms with E-state index in [4.69, 9.17) is 16.3 Å². The molecule has 1 heterocycles. The summed E-state index contributed by atoms with van der Waals surface area (Å²) in [6.45, 7) is 0. The van der Waals surface area contributed by atoms with Crippen molar-refractivity contribution >= 4 is 22.9 Å². The highest BCUT2D eigenvalue weighted by atomic mass is 35.5. The SMILES string of the molecule is O=c1ccsc(Oc2ccccc2Cl)n1. The van der Waals surface area contributed by atoms with Crippen LogP contribution < -0.4 is 10.3 Å². The first kappa shape index (κ1) is 10.1. The van der Waals surface area contributed by atoms with Crippen molar-refractivity contribution in [3.63, 3.8) is 0 Å². The maximum Gasteiger partial charge on any atom is 0.282 e. The fraction of sp³-hybridized carbons (Fsp3) is 0. The van der Waals surface area contributed by atoms with E-state index in [1.54, 1.807) is 29.6 Å². The second kappa shape index (κ2) is 4.42. The molecule has 0 aliphatic heterocycles. The second-order valence-corrected chi connectivity index (χ2v) is 3.93. The van der Waals surface area contributed by atoms with Gasteiger partial charge < -0.3 is 4.74 Å². The largest absolute Gasteiger partial charge is 0.429 e. The Morgan fingerprint density at radius 3 is 2.80 bits per heavy atom. The minimum atomic E-state index is -0.323. The van der Waals surface area contributed by atoms with Crippen molar-refractivity contribution in [3.05, 3.63) is 51.1 Å². The molecule has 0 radical (unpaired) electrons. The van der Waals surface area contributed by atoms with Crippen LogP contribution in [0, 0.1) is 0 Å². The molecule has 0 atom stereocenters. The van der Waals surface area contributed by atoms with Crippen molar-refractivity contribution in [2.24, 2.45) is 0 Å². The van der Waals surface area contributed by atoms with E-state index in [2.05, 4.69) is 4.98 Å². The van der Waals surface area contributed by atoms with E-state index in [1.807, 2.05) is 0 Å². The highest BCUT2D eigenvalue weighted by molar-refractivity contribution is 7.11. The lowest BCUT2D eigenvalue weighted by Gasteiger charge is -2.03. The van der Waals surface area contributed by atoms with E-state index in [-0.39, 0.29) is 10.8 Å². The van der Waals surface area contributed by atoms with Crippen LogP contribution in [0.1, 0.15) is 0 Å². The molecule has 0 spiro atoms. The average molecular weight is 240 g/mol. The first-order valence-corrected chi connectivity index (χ1v) is 5.40. The number of aromatic nitrogens is 1. The van der Waals surface area contributed by atoms with Crippen LogP contribution in [0.3, 0.4) is 0 Å². The van der Waals surface area contributed by atoms with Crippen LogP contribution in [0.15, 0.2) is 40.5 Å². The monoisotopic (exact) mass is 239 g/mol. The van der Waals surface area contributed by atoms with Crippen LogP contribution in [0.5, 0.6) is 10.9 Å². The molecule has 1 aromatic heterocycles. The molecule has 3 nitrogen and oxygen atoms in total. The van der Waals surface area contributed by atoms with Crippen molar-refractivity contribution in [1.82, 2.24) is 4.98 Å². The lowest BCUT2D eigenvalue weighted by molar-refractivity contribution is 0.476. The van der Waals surface area contributed by atoms with Gasteiger partial charge in [0, 0.05) is 11.4 Å². The molecule has 2 rings (SSSR count). The number of hydrogen-bond donors (Lipinski definition) is 0. The Labute approximate surface area is 94.9 Å². The van der Waals surface area contributed by atoms with Gasteiger partial charge in [0.2, 0.25) is 0 Å². The zero-order valence-corrected chi connectivity index (χ0v) is 9.09. The summed E-state index contributed by atoms with van der Waals surface area (Å²) in [5, 5.41) is 2.40. The van der Waals surface area contributed by atoms with Crippen LogP contribution in [0.25, 0.3) is 0 Å². The number of ether oxygens (including phenoxy) is 1. The molecule has 0 saturated carbocycles. The standard InChI is InChI=1S/C10H6ClNO2S/c11-7-3-1-2-4-8(7)14-10-12-9(13)5-6-15-10/h1-6H. The van der Waals surface area contributed by atoms with Crippen molar-refractivity contribution in [2.45, 2.75) is 0 Å². The van der Waals surface area contributed by atoms with Crippen LogP contribution in [0.4, 0.5) is 0 Å². The average Bonchev–Trinajstić information content (AvgIpc) is 2.22. The summed E-state index contributed by atoms with van der Waals surface area (Å²) in [4.78, 5) is 14.6. The highest BCUT2D eigenvalue weighted by Crippen LogP contribution is 2.28. The molecule has 0 bridgehead atoms. The molecule has 0 unspecified atom stereocenters. The van der Waals surface area contributed by atoms with Gasteiger partial charge >= 0.3 is 0 Å². The first-order valence-electron chi connectivity index (χ1n) is 4.14. The molecule has 1 aromatic carbocycles. The number of benzene rings is 1. The third-order valence-corrected chi connectivity index (χ3v) is 2.58. The fourth-order valence-electron chi connectivity index (χ4n) is 0.972. The molecule has 0 amide bonds. The van der Waals surface area contributed by atoms with Crippen LogP contribution in [-0.2, 0) is 0 Å². The number of para-hydroxylation sites is 1. The van der Waals surface area contributed by atoms with Crippen molar-refractivity contribution in [3.8, 4) is 10.9 Å². The van der Waals surface area contributed by atoms with E-state index < -0.39 is 0 Å². The highest BCUT2D eigenvalue weighted by Gasteiger charge is 2.03. The third-order valence-electron chi connectivity index (χ3n) is 1.61. The molecule has 15 heavy (non-hydrogen) atoms. The second-order valence-electron chi connectivity index (χ2n) is 2.67. The van der Waals surface area contributed by atoms with Gasteiger partial charge in [-0.25, -0.2) is 0 Å². The van der Waals surface area contributed by atoms with Crippen LogP contribution >= 0.6 is 22.9 Å². The van der Waals surface area contributed by atoms with Gasteiger partial charge in [0.25, 0.3) is 10.8 Å². The molecule has 0 aliphatic carbocycles. The number of nitrogens with zero attached hydrogens (tertiary/aromatic N) is 1. The number of hydrogen-bond acceptors (Lipinski definition) is 4. The van der Waals surface area contributed by atoms with E-state index in [0.29, 0.717) is 10.8 Å². The van der Waals surface area contributed by atoms with Gasteiger partial charge in [0.1, 0.15) is 5.75 Å². The lowest BCUT2D eigenvalue weighted by atomic mass is 10.3. The third kappa shape index (κ3) is 2.55. The topological polar surface area (TPSA) is 39.2 Å². The van der Waals surface area contributed by atoms with Gasteiger partial charge in [-0.2, -0.15) is 4.98 Å². The predicted octanol–water partition coefficient (Wildman–Crippen LogP) is 2.95. The number of rotatable bonds is 2. The zero-order valence-electron chi connectivity index (χ0n) is 7.51. The van der Waals surface area contributed by atoms with Gasteiger partial charge in [-0.1, -0.05) is 35.1 Å². The zero-order chi connectivity index (χ0) is 10.7. The molecule has 5 heteroatoms. The van der Waals surface area contributed by atoms with Crippen LogP contribution in [-0.4, -0.2) is 4.98 Å². The molecule has 76 valence electrons. The molecular weight excluding hydrogens is 234 g/mol. The Morgan fingerprint density at radius 1 is 1.27 bits per heavy atom. The Kier molecular flexibility index (Phi) is 2.99. The van der Waals surface area contributed by atoms with Crippen LogP contribution in [0.2, 0.25) is 5.02 Å². The summed E-state index contributed by atoms with van der Waals surface area (Å²) in [5.41, 5.74) is -0.323. The van der Waals surface area contributed by atoms with E-state index in [9.17, 15) is 4.79 Å². The molecule has 0 aliphatic rings. The Bertz CT molecular complexity index is 527. The van der Waals surface area contributed by atoms with Crippen molar-refractivity contribution < 1.29 is 4.74 Å². The van der Waals surface area contributed by atoms with Gasteiger partial charge in [0.15, 0.2) is 0 Å². The van der Waals surface area contributed by atoms with E-state index in [0.717, 1.165) is 0 Å². The lowest BCUT2D eigenvalue weighted by Crippen LogP contribution is -2.02. The Balaban J connectivity index is 2.30. The first-order chi connectivity index (χ1) is 7.25. The molecule has 0 fully saturated rings. The normalized spacial score (nSPS) is 9.93. The smallest absolute Gasteiger partial charge is 0.282 e. The fourth-order valence-corrected chi connectivity index (χ4v) is 1.73. The van der Waals surface area contributed by atoms with Gasteiger partial charge in [-0.05, 0) is 12.1 Å². The van der Waals surface area contributed by atoms with E-state index in [1.165, 1.54) is 17.4 Å². The summed E-state index contributed by atoms with van der Waals surface area (Å²) < 4.78 is 5.37. The van der Waals surface area contributed by atoms with Gasteiger partial charge in [-0.15, -0.1) is 0 Å². The summed E-state index contributed by atoms with van der Waals surface area (Å²) in [7, 11) is 0. The van der Waals surface area contributed by atoms with Gasteiger partial charge in [0.05, 0.1) is 5.02 Å². The maximum atomic E-state index is 10.9. The Hall–Kier alpha value is -1.39. The predicted molar refractivity (Wildman–Crippen MR) is 59.9 cm³/mol. The maximum absolute atomic E-state index is 10.9. The summed E-state index contributed by atoms with van der Waals surface area (Å²) in [6.07, 6.45) is 0. The summed E-state index contributed by atoms with van der Waals surface area (Å²) in [5.74, 6) is 0.494. The molecule has 0 N–H and O–H groups in total. The van der Waals surface area contributed by atoms with Gasteiger partial charge in [-0.3, -0.25) is 4.79 Å². The van der Waals surface area contributed by atoms with E-state index >= 15 is 0 Å². The van der Waals surface area contributed by atoms with Crippen molar-refractivity contribution in [1.29, 1.82) is 0 Å². The molecular formula is C10H6ClNO2S. The number of halogens is 1.